The molecule has 0 aromatic carbocycles. The predicted octanol–water partition coefficient (Wildman–Crippen LogP) is -0.417. The van der Waals surface area contributed by atoms with Gasteiger partial charge in [-0.15, -0.1) is 0 Å². The van der Waals surface area contributed by atoms with Gasteiger partial charge in [0, 0.05) is 39.0 Å². The van der Waals surface area contributed by atoms with Crippen LogP contribution < -0.4 is 16.6 Å². The van der Waals surface area contributed by atoms with Crippen LogP contribution in [0.25, 0.3) is 11.2 Å². The minimum absolute atomic E-state index is 0.0382. The van der Waals surface area contributed by atoms with Crippen LogP contribution in [0.15, 0.2) is 15.9 Å². The molecule has 1 amide bonds. The summed E-state index contributed by atoms with van der Waals surface area (Å²) < 4.78 is 3.82. The van der Waals surface area contributed by atoms with Crippen molar-refractivity contribution in [2.24, 2.45) is 14.1 Å². The molecular weight excluding hydrogens is 342 g/mol. The average Bonchev–Trinajstić information content (AvgIpc) is 2.98. The molecule has 2 aromatic rings. The lowest BCUT2D eigenvalue weighted by atomic mass is 9.98. The van der Waals surface area contributed by atoms with E-state index < -0.39 is 22.8 Å². The van der Waals surface area contributed by atoms with Gasteiger partial charge >= 0.3 is 11.7 Å². The number of aromatic nitrogens is 4. The van der Waals surface area contributed by atoms with E-state index in [1.54, 1.807) is 18.4 Å². The minimum atomic E-state index is -0.918. The predicted molar refractivity (Wildman–Crippen MR) is 93.9 cm³/mol. The first kappa shape index (κ1) is 19.4. The highest BCUT2D eigenvalue weighted by atomic mass is 16.4. The van der Waals surface area contributed by atoms with E-state index in [1.807, 2.05) is 0 Å². The van der Waals surface area contributed by atoms with Crippen LogP contribution in [0.4, 0.5) is 0 Å². The van der Waals surface area contributed by atoms with Crippen molar-refractivity contribution in [2.45, 2.75) is 45.2 Å². The second-order valence-electron chi connectivity index (χ2n) is 6.89. The molecule has 2 N–H and O–H groups in total. The topological polar surface area (TPSA) is 128 Å². The Hall–Kier alpha value is -2.91. The van der Waals surface area contributed by atoms with Crippen LogP contribution >= 0.6 is 0 Å². The summed E-state index contributed by atoms with van der Waals surface area (Å²) in [5.41, 5.74) is -1.06. The molecule has 0 saturated heterocycles. The van der Waals surface area contributed by atoms with Crippen molar-refractivity contribution in [3.8, 4) is 0 Å². The second kappa shape index (κ2) is 7.14. The van der Waals surface area contributed by atoms with Crippen LogP contribution in [-0.2, 0) is 30.2 Å². The van der Waals surface area contributed by atoms with E-state index in [-0.39, 0.29) is 36.5 Å². The quantitative estimate of drug-likeness (QED) is 0.686. The van der Waals surface area contributed by atoms with Gasteiger partial charge in [-0.2, -0.15) is 0 Å². The van der Waals surface area contributed by atoms with Crippen LogP contribution in [0.5, 0.6) is 0 Å². The number of aryl methyl sites for hydroxylation is 2. The maximum absolute atomic E-state index is 12.3. The molecule has 0 aliphatic rings. The Morgan fingerprint density at radius 2 is 1.85 bits per heavy atom. The third kappa shape index (κ3) is 4.01. The summed E-state index contributed by atoms with van der Waals surface area (Å²) in [5, 5.41) is 11.5. The van der Waals surface area contributed by atoms with E-state index in [4.69, 9.17) is 5.11 Å². The molecule has 0 bridgehead atoms. The average molecular weight is 365 g/mol. The maximum Gasteiger partial charge on any atom is 0.332 e. The van der Waals surface area contributed by atoms with Crippen molar-refractivity contribution in [2.75, 3.05) is 0 Å². The van der Waals surface area contributed by atoms with Gasteiger partial charge in [-0.05, 0) is 20.3 Å². The molecule has 0 radical (unpaired) electrons. The van der Waals surface area contributed by atoms with Crippen LogP contribution in [0.1, 0.15) is 33.1 Å². The first-order valence-corrected chi connectivity index (χ1v) is 8.17. The van der Waals surface area contributed by atoms with E-state index in [0.717, 1.165) is 4.57 Å². The number of aliphatic carboxylic acids is 1. The van der Waals surface area contributed by atoms with Gasteiger partial charge < -0.3 is 15.0 Å². The lowest BCUT2D eigenvalue weighted by Crippen LogP contribution is -2.44. The lowest BCUT2D eigenvalue weighted by molar-refractivity contribution is -0.137. The Labute approximate surface area is 149 Å². The third-order valence-electron chi connectivity index (χ3n) is 4.24. The van der Waals surface area contributed by atoms with Crippen molar-refractivity contribution in [3.05, 3.63) is 27.2 Å². The first-order valence-electron chi connectivity index (χ1n) is 8.17. The van der Waals surface area contributed by atoms with Gasteiger partial charge in [-0.1, -0.05) is 0 Å². The summed E-state index contributed by atoms with van der Waals surface area (Å²) >= 11 is 0. The molecule has 0 saturated carbocycles. The number of nitrogens with zero attached hydrogens (tertiary/aromatic N) is 4. The standard InChI is InChI=1S/C16H23N5O5/c1-16(2,7-5-11(23)24)18-10(22)6-8-21-9-17-13-12(21)14(25)20(4)15(26)19(13)3/h9H,5-8H2,1-4H3,(H,18,22)(H,23,24). The molecule has 2 rings (SSSR count). The number of carbonyl (C=O) groups is 2. The van der Waals surface area contributed by atoms with Crippen molar-refractivity contribution < 1.29 is 14.7 Å². The molecule has 0 unspecified atom stereocenters. The highest BCUT2D eigenvalue weighted by Crippen LogP contribution is 2.12. The summed E-state index contributed by atoms with van der Waals surface area (Å²) in [6.45, 7) is 3.72. The molecular formula is C16H23N5O5. The van der Waals surface area contributed by atoms with E-state index in [2.05, 4.69) is 10.3 Å². The molecule has 0 aliphatic carbocycles. The van der Waals surface area contributed by atoms with Crippen molar-refractivity contribution in [3.63, 3.8) is 0 Å². The van der Waals surface area contributed by atoms with Crippen LogP contribution in [0.3, 0.4) is 0 Å². The molecule has 10 nitrogen and oxygen atoms in total. The number of hydrogen-bond acceptors (Lipinski definition) is 5. The smallest absolute Gasteiger partial charge is 0.332 e. The first-order chi connectivity index (χ1) is 12.0. The number of hydrogen-bond donors (Lipinski definition) is 2. The van der Waals surface area contributed by atoms with Gasteiger partial charge in [-0.25, -0.2) is 9.78 Å². The number of nitrogens with one attached hydrogen (secondary N) is 1. The highest BCUT2D eigenvalue weighted by molar-refractivity contribution is 5.77. The molecule has 0 spiro atoms. The van der Waals surface area contributed by atoms with Crippen LogP contribution in [-0.4, -0.2) is 41.2 Å². The zero-order valence-corrected chi connectivity index (χ0v) is 15.3. The van der Waals surface area contributed by atoms with Gasteiger partial charge in [0.2, 0.25) is 5.91 Å². The fourth-order valence-corrected chi connectivity index (χ4v) is 2.71. The lowest BCUT2D eigenvalue weighted by Gasteiger charge is -2.25. The van der Waals surface area contributed by atoms with Crippen molar-refractivity contribution >= 4 is 23.0 Å². The molecule has 142 valence electrons. The molecule has 0 aliphatic heterocycles. The van der Waals surface area contributed by atoms with Crippen molar-refractivity contribution in [1.82, 2.24) is 24.0 Å². The van der Waals surface area contributed by atoms with Crippen LogP contribution in [0, 0.1) is 0 Å². The Morgan fingerprint density at radius 3 is 2.46 bits per heavy atom. The monoisotopic (exact) mass is 365 g/mol. The third-order valence-corrected chi connectivity index (χ3v) is 4.24. The Kier molecular flexibility index (Phi) is 5.33. The molecule has 2 aromatic heterocycles. The van der Waals surface area contributed by atoms with E-state index in [0.29, 0.717) is 6.42 Å². The number of fused-ring (bicyclic) bond motifs is 1. The zero-order chi connectivity index (χ0) is 19.6. The van der Waals surface area contributed by atoms with Gasteiger partial charge in [0.15, 0.2) is 11.2 Å². The number of amides is 1. The SMILES string of the molecule is Cn1c(=O)c2c(ncn2CCC(=O)NC(C)(C)CCC(=O)O)n(C)c1=O. The Morgan fingerprint density at radius 1 is 1.19 bits per heavy atom. The molecule has 2 heterocycles. The van der Waals surface area contributed by atoms with Gasteiger partial charge in [0.05, 0.1) is 6.33 Å². The number of rotatable bonds is 7. The number of carboxylic acid groups (broad SMARTS) is 1. The molecule has 26 heavy (non-hydrogen) atoms. The summed E-state index contributed by atoms with van der Waals surface area (Å²) in [4.78, 5) is 51.2. The van der Waals surface area contributed by atoms with E-state index in [1.165, 1.54) is 25.0 Å². The summed E-state index contributed by atoms with van der Waals surface area (Å²) in [7, 11) is 2.91. The number of imidazole rings is 1. The summed E-state index contributed by atoms with van der Waals surface area (Å²) in [6, 6.07) is 0. The fourth-order valence-electron chi connectivity index (χ4n) is 2.71. The van der Waals surface area contributed by atoms with Crippen LogP contribution in [0.2, 0.25) is 0 Å². The Bertz CT molecular complexity index is 966. The second-order valence-corrected chi connectivity index (χ2v) is 6.89. The number of carbonyl (C=O) groups excluding carboxylic acids is 1. The maximum atomic E-state index is 12.3. The number of carboxylic acids is 1. The molecule has 10 heteroatoms. The van der Waals surface area contributed by atoms with E-state index in [9.17, 15) is 19.2 Å². The highest BCUT2D eigenvalue weighted by Gasteiger charge is 2.22. The summed E-state index contributed by atoms with van der Waals surface area (Å²) in [6.07, 6.45) is 1.79. The van der Waals surface area contributed by atoms with Crippen molar-refractivity contribution in [1.29, 1.82) is 0 Å². The fraction of sp³-hybridized carbons (Fsp3) is 0.562. The Balaban J connectivity index is 2.13. The normalized spacial score (nSPS) is 11.7. The minimum Gasteiger partial charge on any atom is -0.481 e. The van der Waals surface area contributed by atoms with E-state index >= 15 is 0 Å². The van der Waals surface area contributed by atoms with Gasteiger partial charge in [0.1, 0.15) is 0 Å². The molecule has 0 atom stereocenters. The zero-order valence-electron chi connectivity index (χ0n) is 15.3. The summed E-state index contributed by atoms with van der Waals surface area (Å²) in [5.74, 6) is -1.18. The largest absolute Gasteiger partial charge is 0.481 e. The van der Waals surface area contributed by atoms with Gasteiger partial charge in [0.25, 0.3) is 5.56 Å². The molecule has 0 fully saturated rings. The van der Waals surface area contributed by atoms with Gasteiger partial charge in [-0.3, -0.25) is 23.5 Å².